The Kier molecular flexibility index (Phi) is 21.7. The topological polar surface area (TPSA) is 35.0 Å². The Hall–Kier alpha value is -0.0400. The van der Waals surface area contributed by atoms with Gasteiger partial charge in [0.05, 0.1) is 0 Å². The molecular formula is C17H38N. The van der Waals surface area contributed by atoms with Crippen LogP contribution in [0.1, 0.15) is 103 Å². The van der Waals surface area contributed by atoms with E-state index < -0.39 is 0 Å². The van der Waals surface area contributed by atoms with Crippen molar-refractivity contribution in [2.75, 3.05) is 0 Å². The van der Waals surface area contributed by atoms with Crippen molar-refractivity contribution in [1.82, 2.24) is 6.15 Å². The highest BCUT2D eigenvalue weighted by molar-refractivity contribution is 4.49. The van der Waals surface area contributed by atoms with Gasteiger partial charge >= 0.3 is 0 Å². The standard InChI is InChI=1S/C17H35.H3N/c1-3-5-7-9-11-13-15-17-16-14-12-10-8-6-4-2;/h1,3-17H2,2H3;1H3. The van der Waals surface area contributed by atoms with E-state index in [1.165, 1.54) is 89.9 Å². The lowest BCUT2D eigenvalue weighted by molar-refractivity contribution is 0.536. The van der Waals surface area contributed by atoms with Crippen LogP contribution in [0.4, 0.5) is 0 Å². The lowest BCUT2D eigenvalue weighted by Crippen LogP contribution is -1.82. The average Bonchev–Trinajstić information content (AvgIpc) is 2.35. The second kappa shape index (κ2) is 19.3. The SMILES string of the molecule is N.[CH2]CCCCCCCCCCCCCCCC. The fourth-order valence-electron chi connectivity index (χ4n) is 2.37. The molecule has 0 aliphatic carbocycles. The Balaban J connectivity index is 0. The van der Waals surface area contributed by atoms with Gasteiger partial charge < -0.3 is 6.15 Å². The second-order valence-electron chi connectivity index (χ2n) is 5.45. The van der Waals surface area contributed by atoms with Crippen molar-refractivity contribution in [3.8, 4) is 0 Å². The van der Waals surface area contributed by atoms with E-state index in [-0.39, 0.29) is 6.15 Å². The maximum Gasteiger partial charge on any atom is -0.0533 e. The summed E-state index contributed by atoms with van der Waals surface area (Å²) in [6.07, 6.45) is 21.3. The predicted molar refractivity (Wildman–Crippen MR) is 85.3 cm³/mol. The molecule has 0 atom stereocenters. The van der Waals surface area contributed by atoms with Gasteiger partial charge in [-0.25, -0.2) is 0 Å². The fraction of sp³-hybridized carbons (Fsp3) is 0.941. The summed E-state index contributed by atoms with van der Waals surface area (Å²) in [4.78, 5) is 0. The molecule has 0 rings (SSSR count). The van der Waals surface area contributed by atoms with Crippen LogP contribution < -0.4 is 6.15 Å². The van der Waals surface area contributed by atoms with Gasteiger partial charge in [0.2, 0.25) is 0 Å². The lowest BCUT2D eigenvalue weighted by atomic mass is 10.0. The Morgan fingerprint density at radius 1 is 0.500 bits per heavy atom. The predicted octanol–water partition coefficient (Wildman–Crippen LogP) is 6.85. The van der Waals surface area contributed by atoms with E-state index in [2.05, 4.69) is 13.8 Å². The molecule has 0 saturated carbocycles. The first-order valence-electron chi connectivity index (χ1n) is 8.21. The Morgan fingerprint density at radius 2 is 0.778 bits per heavy atom. The van der Waals surface area contributed by atoms with E-state index in [1.807, 2.05) is 0 Å². The molecule has 0 heterocycles. The van der Waals surface area contributed by atoms with Gasteiger partial charge in [-0.3, -0.25) is 0 Å². The maximum absolute atomic E-state index is 3.88. The quantitative estimate of drug-likeness (QED) is 0.339. The zero-order chi connectivity index (χ0) is 12.6. The molecule has 3 N–H and O–H groups in total. The van der Waals surface area contributed by atoms with Gasteiger partial charge in [-0.15, -0.1) is 0 Å². The third-order valence-corrected chi connectivity index (χ3v) is 3.60. The summed E-state index contributed by atoms with van der Waals surface area (Å²) in [5.41, 5.74) is 0. The molecule has 0 aromatic carbocycles. The van der Waals surface area contributed by atoms with Crippen LogP contribution in [0, 0.1) is 6.92 Å². The number of hydrogen-bond donors (Lipinski definition) is 1. The van der Waals surface area contributed by atoms with Crippen LogP contribution in [0.3, 0.4) is 0 Å². The summed E-state index contributed by atoms with van der Waals surface area (Å²) in [6, 6.07) is 0. The molecule has 1 radical (unpaired) electrons. The van der Waals surface area contributed by atoms with E-state index in [0.717, 1.165) is 6.42 Å². The van der Waals surface area contributed by atoms with Gasteiger partial charge in [0.1, 0.15) is 0 Å². The van der Waals surface area contributed by atoms with Crippen LogP contribution in [-0.2, 0) is 0 Å². The van der Waals surface area contributed by atoms with Crippen molar-refractivity contribution in [3.63, 3.8) is 0 Å². The van der Waals surface area contributed by atoms with Gasteiger partial charge in [0.15, 0.2) is 0 Å². The smallest absolute Gasteiger partial charge is 0.0533 e. The molecular weight excluding hydrogens is 218 g/mol. The van der Waals surface area contributed by atoms with E-state index in [1.54, 1.807) is 0 Å². The average molecular weight is 256 g/mol. The van der Waals surface area contributed by atoms with Gasteiger partial charge in [0, 0.05) is 0 Å². The molecule has 1 nitrogen and oxygen atoms in total. The van der Waals surface area contributed by atoms with Crippen molar-refractivity contribution in [1.29, 1.82) is 0 Å². The van der Waals surface area contributed by atoms with E-state index in [4.69, 9.17) is 0 Å². The van der Waals surface area contributed by atoms with Gasteiger partial charge in [-0.2, -0.15) is 0 Å². The molecule has 111 valence electrons. The van der Waals surface area contributed by atoms with Crippen molar-refractivity contribution in [2.24, 2.45) is 0 Å². The molecule has 0 spiro atoms. The minimum absolute atomic E-state index is 0. The minimum atomic E-state index is 0. The van der Waals surface area contributed by atoms with Crippen molar-refractivity contribution in [2.45, 2.75) is 103 Å². The third-order valence-electron chi connectivity index (χ3n) is 3.60. The molecule has 0 bridgehead atoms. The highest BCUT2D eigenvalue weighted by atomic mass is 14.0. The lowest BCUT2D eigenvalue weighted by Gasteiger charge is -2.02. The fourth-order valence-corrected chi connectivity index (χ4v) is 2.37. The van der Waals surface area contributed by atoms with Crippen LogP contribution in [0.15, 0.2) is 0 Å². The number of hydrogen-bond acceptors (Lipinski definition) is 1. The summed E-state index contributed by atoms with van der Waals surface area (Å²) in [7, 11) is 0. The Morgan fingerprint density at radius 3 is 1.06 bits per heavy atom. The summed E-state index contributed by atoms with van der Waals surface area (Å²) in [5, 5.41) is 0. The van der Waals surface area contributed by atoms with Crippen molar-refractivity contribution < 1.29 is 0 Å². The number of rotatable bonds is 14. The van der Waals surface area contributed by atoms with E-state index in [9.17, 15) is 0 Å². The van der Waals surface area contributed by atoms with Crippen LogP contribution >= 0.6 is 0 Å². The molecule has 0 aliphatic heterocycles. The zero-order valence-corrected chi connectivity index (χ0v) is 13.0. The molecule has 1 heteroatoms. The first kappa shape index (κ1) is 20.3. The minimum Gasteiger partial charge on any atom is -0.344 e. The molecule has 0 aliphatic rings. The first-order valence-corrected chi connectivity index (χ1v) is 8.21. The van der Waals surface area contributed by atoms with Crippen molar-refractivity contribution in [3.05, 3.63) is 6.92 Å². The largest absolute Gasteiger partial charge is 0.344 e. The van der Waals surface area contributed by atoms with E-state index in [0.29, 0.717) is 0 Å². The highest BCUT2D eigenvalue weighted by Gasteiger charge is 1.93. The van der Waals surface area contributed by atoms with Crippen LogP contribution in [0.2, 0.25) is 0 Å². The summed E-state index contributed by atoms with van der Waals surface area (Å²) < 4.78 is 0. The molecule has 0 fully saturated rings. The molecule has 0 amide bonds. The molecule has 0 unspecified atom stereocenters. The Bertz CT molecular complexity index is 109. The number of unbranched alkanes of at least 4 members (excludes halogenated alkanes) is 14. The molecule has 18 heavy (non-hydrogen) atoms. The van der Waals surface area contributed by atoms with Gasteiger partial charge in [0.25, 0.3) is 0 Å². The second-order valence-corrected chi connectivity index (χ2v) is 5.45. The van der Waals surface area contributed by atoms with Crippen molar-refractivity contribution >= 4 is 0 Å². The molecule has 0 saturated heterocycles. The third kappa shape index (κ3) is 18.3. The molecule has 0 aromatic heterocycles. The maximum atomic E-state index is 3.88. The van der Waals surface area contributed by atoms with Crippen LogP contribution in [0.5, 0.6) is 0 Å². The van der Waals surface area contributed by atoms with Gasteiger partial charge in [-0.05, 0) is 0 Å². The summed E-state index contributed by atoms with van der Waals surface area (Å²) >= 11 is 0. The van der Waals surface area contributed by atoms with Crippen LogP contribution in [0.25, 0.3) is 0 Å². The highest BCUT2D eigenvalue weighted by Crippen LogP contribution is 2.13. The van der Waals surface area contributed by atoms with Crippen LogP contribution in [-0.4, -0.2) is 0 Å². The summed E-state index contributed by atoms with van der Waals surface area (Å²) in [6.45, 7) is 6.17. The summed E-state index contributed by atoms with van der Waals surface area (Å²) in [5.74, 6) is 0. The monoisotopic (exact) mass is 256 g/mol. The Labute approximate surface area is 117 Å². The normalized spacial score (nSPS) is 10.3. The van der Waals surface area contributed by atoms with Gasteiger partial charge in [-0.1, -0.05) is 110 Å². The zero-order valence-electron chi connectivity index (χ0n) is 13.0. The first-order chi connectivity index (χ1) is 8.41. The molecule has 0 aromatic rings. The van der Waals surface area contributed by atoms with E-state index >= 15 is 0 Å².